The van der Waals surface area contributed by atoms with Gasteiger partial charge in [0, 0.05) is 12.3 Å². The summed E-state index contributed by atoms with van der Waals surface area (Å²) in [5.74, 6) is -1.19. The molecule has 2 aliphatic rings. The van der Waals surface area contributed by atoms with Gasteiger partial charge in [-0.05, 0) is 75.0 Å². The van der Waals surface area contributed by atoms with Crippen molar-refractivity contribution < 1.29 is 24.3 Å². The number of carbonyl (C=O) groups is 3. The van der Waals surface area contributed by atoms with Crippen molar-refractivity contribution in [2.75, 3.05) is 0 Å². The van der Waals surface area contributed by atoms with Gasteiger partial charge >= 0.3 is 5.97 Å². The summed E-state index contributed by atoms with van der Waals surface area (Å²) in [6.45, 7) is 0. The van der Waals surface area contributed by atoms with Crippen LogP contribution in [0.25, 0.3) is 0 Å². The highest BCUT2D eigenvalue weighted by Gasteiger charge is 2.38. The maximum atomic E-state index is 12.3. The van der Waals surface area contributed by atoms with E-state index in [2.05, 4.69) is 48.6 Å². The van der Waals surface area contributed by atoms with Crippen molar-refractivity contribution in [3.8, 4) is 0 Å². The fourth-order valence-electron chi connectivity index (χ4n) is 5.12. The number of hydrogen-bond donors (Lipinski definition) is 1. The summed E-state index contributed by atoms with van der Waals surface area (Å²) < 4.78 is 0. The number of benzene rings is 2. The second-order valence-electron chi connectivity index (χ2n) is 9.80. The van der Waals surface area contributed by atoms with Crippen LogP contribution in [0.5, 0.6) is 0 Å². The fourth-order valence-corrected chi connectivity index (χ4v) is 5.12. The molecule has 0 bridgehead atoms. The van der Waals surface area contributed by atoms with Crippen molar-refractivity contribution in [3.05, 3.63) is 95.6 Å². The first-order valence-electron chi connectivity index (χ1n) is 13.3. The first-order valence-corrected chi connectivity index (χ1v) is 13.3. The van der Waals surface area contributed by atoms with Gasteiger partial charge in [0.25, 0.3) is 11.8 Å². The molecule has 194 valence electrons. The normalized spacial score (nSPS) is 21.3. The summed E-state index contributed by atoms with van der Waals surface area (Å²) >= 11 is 0. The topological polar surface area (TPSA) is 83.9 Å². The predicted octanol–water partition coefficient (Wildman–Crippen LogP) is 5.82. The van der Waals surface area contributed by atoms with Crippen LogP contribution in [0.4, 0.5) is 0 Å². The van der Waals surface area contributed by atoms with E-state index in [4.69, 9.17) is 4.84 Å². The van der Waals surface area contributed by atoms with Gasteiger partial charge in [-0.2, -0.15) is 0 Å². The van der Waals surface area contributed by atoms with E-state index in [9.17, 15) is 19.5 Å². The molecule has 1 unspecified atom stereocenters. The average molecular weight is 502 g/mol. The summed E-state index contributed by atoms with van der Waals surface area (Å²) in [6, 6.07) is 16.9. The van der Waals surface area contributed by atoms with E-state index >= 15 is 0 Å². The summed E-state index contributed by atoms with van der Waals surface area (Å²) in [6.07, 6.45) is 15.6. The van der Waals surface area contributed by atoms with Crippen molar-refractivity contribution in [1.29, 1.82) is 0 Å². The highest BCUT2D eigenvalue weighted by Crippen LogP contribution is 2.36. The Labute approximate surface area is 218 Å². The lowest BCUT2D eigenvalue weighted by Crippen LogP contribution is -2.32. The number of fused-ring (bicyclic) bond motifs is 1. The molecule has 4 rings (SSSR count). The number of aryl methyl sites for hydroxylation is 1. The van der Waals surface area contributed by atoms with Gasteiger partial charge in [-0.3, -0.25) is 9.59 Å². The van der Waals surface area contributed by atoms with Crippen molar-refractivity contribution in [2.45, 2.75) is 63.9 Å². The minimum absolute atomic E-state index is 0.119. The Morgan fingerprint density at radius 3 is 2.30 bits per heavy atom. The average Bonchev–Trinajstić information content (AvgIpc) is 3.38. The van der Waals surface area contributed by atoms with Crippen LogP contribution in [-0.2, 0) is 16.1 Å². The lowest BCUT2D eigenvalue weighted by molar-refractivity contribution is -0.168. The summed E-state index contributed by atoms with van der Waals surface area (Å²) in [5, 5.41) is 11.0. The number of rotatable bonds is 12. The molecule has 6 nitrogen and oxygen atoms in total. The van der Waals surface area contributed by atoms with Crippen molar-refractivity contribution in [1.82, 2.24) is 5.06 Å². The first-order chi connectivity index (χ1) is 18.0. The van der Waals surface area contributed by atoms with Crippen molar-refractivity contribution in [3.63, 3.8) is 0 Å². The maximum absolute atomic E-state index is 12.3. The lowest BCUT2D eigenvalue weighted by atomic mass is 9.90. The molecule has 0 saturated heterocycles. The Kier molecular flexibility index (Phi) is 9.44. The molecule has 3 atom stereocenters. The Hall–Kier alpha value is -3.51. The number of allylic oxidation sites excluding steroid dienone is 3. The van der Waals surface area contributed by atoms with E-state index in [-0.39, 0.29) is 29.6 Å². The van der Waals surface area contributed by atoms with Crippen LogP contribution in [0.2, 0.25) is 0 Å². The van der Waals surface area contributed by atoms with Gasteiger partial charge < -0.3 is 9.94 Å². The van der Waals surface area contributed by atoms with Crippen molar-refractivity contribution >= 4 is 17.8 Å². The zero-order chi connectivity index (χ0) is 26.0. The van der Waals surface area contributed by atoms with Gasteiger partial charge in [-0.15, -0.1) is 0 Å². The zero-order valence-electron chi connectivity index (χ0n) is 21.1. The molecule has 2 aromatic carbocycles. The third-order valence-corrected chi connectivity index (χ3v) is 7.17. The molecule has 0 aromatic heterocycles. The van der Waals surface area contributed by atoms with E-state index in [0.29, 0.717) is 23.8 Å². The molecule has 1 N–H and O–H groups in total. The van der Waals surface area contributed by atoms with Gasteiger partial charge in [0.15, 0.2) is 0 Å². The second kappa shape index (κ2) is 13.2. The molecule has 37 heavy (non-hydrogen) atoms. The van der Waals surface area contributed by atoms with Crippen LogP contribution >= 0.6 is 0 Å². The molecule has 1 aliphatic heterocycles. The SMILES string of the molecule is O=C(CCC/C=C\C[C@H]1CC[C@@H](O)C1/C=C/CCCc1ccccc1)ON1C(=O)c2ccccc2C1=O. The Morgan fingerprint density at radius 1 is 0.892 bits per heavy atom. The van der Waals surface area contributed by atoms with E-state index in [1.807, 2.05) is 6.07 Å². The van der Waals surface area contributed by atoms with Gasteiger partial charge in [0.05, 0.1) is 17.2 Å². The number of carbonyl (C=O) groups excluding carboxylic acids is 3. The third-order valence-electron chi connectivity index (χ3n) is 7.17. The molecular weight excluding hydrogens is 466 g/mol. The number of imide groups is 1. The van der Waals surface area contributed by atoms with Gasteiger partial charge in [0.1, 0.15) is 0 Å². The van der Waals surface area contributed by atoms with E-state index in [1.165, 1.54) is 5.56 Å². The number of hydrogen-bond acceptors (Lipinski definition) is 5. The van der Waals surface area contributed by atoms with Crippen LogP contribution in [0, 0.1) is 11.8 Å². The predicted molar refractivity (Wildman–Crippen MR) is 141 cm³/mol. The van der Waals surface area contributed by atoms with Crippen molar-refractivity contribution in [2.24, 2.45) is 11.8 Å². The molecular formula is C31H35NO5. The van der Waals surface area contributed by atoms with E-state index in [0.717, 1.165) is 38.5 Å². The number of unbranched alkanes of at least 4 members (excludes halogenated alkanes) is 2. The van der Waals surface area contributed by atoms with Gasteiger partial charge in [-0.1, -0.05) is 71.8 Å². The summed E-state index contributed by atoms with van der Waals surface area (Å²) in [7, 11) is 0. The maximum Gasteiger partial charge on any atom is 0.333 e. The fraction of sp³-hybridized carbons (Fsp3) is 0.387. The zero-order valence-corrected chi connectivity index (χ0v) is 21.1. The minimum atomic E-state index is -0.604. The van der Waals surface area contributed by atoms with E-state index < -0.39 is 17.8 Å². The van der Waals surface area contributed by atoms with Gasteiger partial charge in [0.2, 0.25) is 0 Å². The minimum Gasteiger partial charge on any atom is -0.393 e. The lowest BCUT2D eigenvalue weighted by Gasteiger charge is -2.17. The quantitative estimate of drug-likeness (QED) is 0.225. The molecule has 0 radical (unpaired) electrons. The number of amides is 2. The molecule has 2 amide bonds. The number of hydroxylamine groups is 2. The molecule has 2 aromatic rings. The molecule has 1 heterocycles. The van der Waals surface area contributed by atoms with Crippen LogP contribution in [0.15, 0.2) is 78.9 Å². The highest BCUT2D eigenvalue weighted by molar-refractivity contribution is 6.20. The van der Waals surface area contributed by atoms with Crippen LogP contribution in [0.1, 0.15) is 77.6 Å². The second-order valence-corrected chi connectivity index (χ2v) is 9.80. The smallest absolute Gasteiger partial charge is 0.333 e. The molecule has 1 fully saturated rings. The summed E-state index contributed by atoms with van der Waals surface area (Å²) in [4.78, 5) is 41.8. The van der Waals surface area contributed by atoms with Gasteiger partial charge in [-0.25, -0.2) is 4.79 Å². The molecule has 6 heteroatoms. The van der Waals surface area contributed by atoms with Crippen LogP contribution in [-0.4, -0.2) is 34.1 Å². The third kappa shape index (κ3) is 7.04. The summed E-state index contributed by atoms with van der Waals surface area (Å²) in [5.41, 5.74) is 1.86. The van der Waals surface area contributed by atoms with Crippen LogP contribution in [0.3, 0.4) is 0 Å². The highest BCUT2D eigenvalue weighted by atomic mass is 16.7. The Bertz CT molecular complexity index is 1100. The Balaban J connectivity index is 1.13. The first kappa shape index (κ1) is 26.6. The number of aliphatic hydroxyl groups excluding tert-OH is 1. The Morgan fingerprint density at radius 2 is 1.57 bits per heavy atom. The number of aliphatic hydroxyl groups is 1. The molecule has 0 spiro atoms. The standard InChI is InChI=1S/C31H35NO5/c33-28-22-21-24(25(28)17-9-4-7-15-23-13-5-3-6-14-23)16-8-1-2-10-20-29(34)37-32-30(35)26-18-11-12-19-27(26)31(32)36/h1,3,5-6,8-9,11-14,17-19,24-25,28,33H,2,4,7,10,15-16,20-22H2/b8-1-,17-9+/t24-,25?,28+/m0/s1. The monoisotopic (exact) mass is 501 g/mol. The number of nitrogens with zero attached hydrogens (tertiary/aromatic N) is 1. The largest absolute Gasteiger partial charge is 0.393 e. The van der Waals surface area contributed by atoms with Crippen LogP contribution < -0.4 is 0 Å². The molecule has 1 saturated carbocycles. The van der Waals surface area contributed by atoms with E-state index in [1.54, 1.807) is 24.3 Å². The molecule has 1 aliphatic carbocycles.